The van der Waals surface area contributed by atoms with E-state index in [1.807, 2.05) is 42.5 Å². The van der Waals surface area contributed by atoms with Crippen LogP contribution in [0.5, 0.6) is 0 Å². The van der Waals surface area contributed by atoms with Crippen LogP contribution in [0.25, 0.3) is 16.3 Å². The van der Waals surface area contributed by atoms with E-state index in [9.17, 15) is 19.8 Å². The fourth-order valence-electron chi connectivity index (χ4n) is 10.4. The van der Waals surface area contributed by atoms with Gasteiger partial charge in [0.05, 0.1) is 11.7 Å². The molecule has 1 unspecified atom stereocenters. The molecule has 0 heterocycles. The van der Waals surface area contributed by atoms with Crippen molar-refractivity contribution in [2.75, 3.05) is 0 Å². The molecule has 4 saturated carbocycles. The molecular weight excluding hydrogens is 516 g/mol. The fourth-order valence-corrected chi connectivity index (χ4v) is 10.4. The number of hydrogen-bond acceptors (Lipinski definition) is 6. The summed E-state index contributed by atoms with van der Waals surface area (Å²) in [4.78, 5) is 25.6. The molecule has 220 valence electrons. The Morgan fingerprint density at radius 2 is 1.68 bits per heavy atom. The molecule has 0 aliphatic heterocycles. The number of carboxylic acids is 1. The molecule has 4 aliphatic carbocycles. The highest BCUT2D eigenvalue weighted by atomic mass is 16.5. The van der Waals surface area contributed by atoms with Crippen molar-refractivity contribution in [1.29, 1.82) is 0 Å². The number of rotatable bonds is 3. The molecule has 4 fully saturated rings. The Bertz CT molecular complexity index is 1440. The molecule has 4 aliphatic rings. The van der Waals surface area contributed by atoms with E-state index in [0.29, 0.717) is 30.4 Å². The SMILES string of the molecule is CC(=O)O[C@H]1C[C@@]2(C)C(C[C@@H](N)[C@H]3[C@@]4(C)CC[C@@H](O)[C@@H](N)[C@@H]4CC[C@@]32C)/C1=C(/C(=O)O)c1ccc2ccccc2c1. The van der Waals surface area contributed by atoms with E-state index in [-0.39, 0.29) is 51.7 Å². The maximum Gasteiger partial charge on any atom is 0.336 e. The third-order valence-electron chi connectivity index (χ3n) is 12.3. The van der Waals surface area contributed by atoms with Gasteiger partial charge in [0.2, 0.25) is 0 Å². The summed E-state index contributed by atoms with van der Waals surface area (Å²) in [6.07, 6.45) is 3.37. The number of nitrogens with two attached hydrogens (primary N) is 2. The molecular formula is C34H44N2O5. The van der Waals surface area contributed by atoms with Crippen molar-refractivity contribution in [3.63, 3.8) is 0 Å². The maximum absolute atomic E-state index is 13.1. The summed E-state index contributed by atoms with van der Waals surface area (Å²) in [5.41, 5.74) is 14.7. The molecule has 0 spiro atoms. The summed E-state index contributed by atoms with van der Waals surface area (Å²) in [6, 6.07) is 13.2. The molecule has 0 bridgehead atoms. The Morgan fingerprint density at radius 3 is 2.37 bits per heavy atom. The molecule has 0 radical (unpaired) electrons. The lowest BCUT2D eigenvalue weighted by Crippen LogP contribution is -2.69. The van der Waals surface area contributed by atoms with Crippen LogP contribution in [-0.4, -0.2) is 46.4 Å². The van der Waals surface area contributed by atoms with Crippen molar-refractivity contribution in [2.24, 2.45) is 45.5 Å². The number of ether oxygens (including phenoxy) is 1. The molecule has 0 aromatic heterocycles. The second-order valence-electron chi connectivity index (χ2n) is 14.1. The number of aliphatic hydroxyl groups excluding tert-OH is 1. The zero-order valence-corrected chi connectivity index (χ0v) is 24.6. The first-order valence-electron chi connectivity index (χ1n) is 15.1. The van der Waals surface area contributed by atoms with Gasteiger partial charge in [-0.25, -0.2) is 4.79 Å². The predicted octanol–water partition coefficient (Wildman–Crippen LogP) is 4.89. The number of benzene rings is 2. The largest absolute Gasteiger partial charge is 0.478 e. The van der Waals surface area contributed by atoms with E-state index in [2.05, 4.69) is 20.8 Å². The monoisotopic (exact) mass is 560 g/mol. The van der Waals surface area contributed by atoms with Crippen LogP contribution in [0.15, 0.2) is 48.0 Å². The van der Waals surface area contributed by atoms with E-state index in [1.165, 1.54) is 6.92 Å². The third-order valence-corrected chi connectivity index (χ3v) is 12.3. The number of carbonyl (C=O) groups is 2. The number of aliphatic hydroxyl groups is 1. The summed E-state index contributed by atoms with van der Waals surface area (Å²) >= 11 is 0. The summed E-state index contributed by atoms with van der Waals surface area (Å²) in [5.74, 6) is -1.24. The highest BCUT2D eigenvalue weighted by molar-refractivity contribution is 6.17. The van der Waals surface area contributed by atoms with Crippen LogP contribution < -0.4 is 11.5 Å². The number of hydrogen-bond donors (Lipinski definition) is 4. The molecule has 41 heavy (non-hydrogen) atoms. The Kier molecular flexibility index (Phi) is 6.68. The Hall–Kier alpha value is -2.74. The summed E-state index contributed by atoms with van der Waals surface area (Å²) < 4.78 is 5.99. The van der Waals surface area contributed by atoms with E-state index in [1.54, 1.807) is 0 Å². The van der Waals surface area contributed by atoms with E-state index >= 15 is 0 Å². The van der Waals surface area contributed by atoms with Gasteiger partial charge in [0.25, 0.3) is 0 Å². The van der Waals surface area contributed by atoms with Crippen LogP contribution in [0.4, 0.5) is 0 Å². The van der Waals surface area contributed by atoms with Gasteiger partial charge in [0.1, 0.15) is 6.10 Å². The van der Waals surface area contributed by atoms with Gasteiger partial charge in [-0.1, -0.05) is 57.2 Å². The minimum atomic E-state index is -1.01. The van der Waals surface area contributed by atoms with Crippen LogP contribution in [0.2, 0.25) is 0 Å². The minimum Gasteiger partial charge on any atom is -0.478 e. The number of carbonyl (C=O) groups excluding carboxylic acids is 1. The number of carboxylic acid groups (broad SMARTS) is 1. The Morgan fingerprint density at radius 1 is 0.976 bits per heavy atom. The summed E-state index contributed by atoms with van der Waals surface area (Å²) in [5, 5.41) is 23.4. The van der Waals surface area contributed by atoms with Gasteiger partial charge in [0.15, 0.2) is 0 Å². The average molecular weight is 561 g/mol. The quantitative estimate of drug-likeness (QED) is 0.310. The lowest BCUT2D eigenvalue weighted by Gasteiger charge is -2.69. The van der Waals surface area contributed by atoms with Crippen LogP contribution >= 0.6 is 0 Å². The molecule has 0 saturated heterocycles. The van der Waals surface area contributed by atoms with Gasteiger partial charge in [-0.3, -0.25) is 4.79 Å². The van der Waals surface area contributed by atoms with E-state index in [4.69, 9.17) is 16.2 Å². The molecule has 6 N–H and O–H groups in total. The van der Waals surface area contributed by atoms with Crippen molar-refractivity contribution >= 4 is 28.3 Å². The first-order chi connectivity index (χ1) is 19.3. The number of aliphatic carboxylic acids is 1. The molecule has 7 heteroatoms. The smallest absolute Gasteiger partial charge is 0.336 e. The fraction of sp³-hybridized carbons (Fsp3) is 0.588. The molecule has 2 aromatic rings. The van der Waals surface area contributed by atoms with Crippen LogP contribution in [0.3, 0.4) is 0 Å². The molecule has 0 amide bonds. The highest BCUT2D eigenvalue weighted by Gasteiger charge is 2.70. The zero-order valence-electron chi connectivity index (χ0n) is 24.6. The third kappa shape index (κ3) is 4.03. The van der Waals surface area contributed by atoms with Crippen LogP contribution in [-0.2, 0) is 14.3 Å². The molecule has 10 atom stereocenters. The van der Waals surface area contributed by atoms with Gasteiger partial charge in [0, 0.05) is 19.0 Å². The van der Waals surface area contributed by atoms with Crippen LogP contribution in [0, 0.1) is 34.0 Å². The number of fused-ring (bicyclic) bond motifs is 6. The molecule has 7 nitrogen and oxygen atoms in total. The standard InChI is InChI=1S/C34H44N2O5/c1-18(37)41-26-17-34(4)23(28(26)27(31(39)40)21-10-9-19-7-5-6-8-20(19)15-21)16-24(35)30-32(2)13-12-25(38)29(36)22(32)11-14-33(30,34)3/h5-10,15,22-26,29-30,38H,11-14,16-17,35-36H2,1-4H3,(H,39,40)/b28-27-/t22-,23?,24+,25+,26-,29-,30-,32-,33-,34-/m0/s1. The first-order valence-corrected chi connectivity index (χ1v) is 15.1. The predicted molar refractivity (Wildman–Crippen MR) is 159 cm³/mol. The van der Waals surface area contributed by atoms with Crippen molar-refractivity contribution in [2.45, 2.75) is 90.5 Å². The van der Waals surface area contributed by atoms with Crippen molar-refractivity contribution < 1.29 is 24.5 Å². The van der Waals surface area contributed by atoms with Gasteiger partial charge in [-0.15, -0.1) is 0 Å². The Labute approximate surface area is 242 Å². The lowest BCUT2D eigenvalue weighted by molar-refractivity contribution is -0.196. The normalized spacial score (nSPS) is 43.0. The average Bonchev–Trinajstić information content (AvgIpc) is 3.17. The number of esters is 1. The highest BCUT2D eigenvalue weighted by Crippen LogP contribution is 2.73. The van der Waals surface area contributed by atoms with Crippen molar-refractivity contribution in [3.8, 4) is 0 Å². The second kappa shape index (κ2) is 9.65. The minimum absolute atomic E-state index is 0.129. The van der Waals surface area contributed by atoms with Crippen molar-refractivity contribution in [3.05, 3.63) is 53.6 Å². The second-order valence-corrected chi connectivity index (χ2v) is 14.1. The Balaban J connectivity index is 1.52. The van der Waals surface area contributed by atoms with E-state index < -0.39 is 24.1 Å². The summed E-state index contributed by atoms with van der Waals surface area (Å²) in [6.45, 7) is 8.34. The molecule has 2 aromatic carbocycles. The van der Waals surface area contributed by atoms with Crippen LogP contribution in [0.1, 0.15) is 71.8 Å². The maximum atomic E-state index is 13.1. The lowest BCUT2D eigenvalue weighted by atomic mass is 9.36. The van der Waals surface area contributed by atoms with Gasteiger partial charge in [-0.05, 0) is 100 Å². The first kappa shape index (κ1) is 28.4. The van der Waals surface area contributed by atoms with Crippen molar-refractivity contribution in [1.82, 2.24) is 0 Å². The van der Waals surface area contributed by atoms with Gasteiger partial charge in [-0.2, -0.15) is 0 Å². The topological polar surface area (TPSA) is 136 Å². The zero-order chi connectivity index (χ0) is 29.5. The van der Waals surface area contributed by atoms with Gasteiger partial charge >= 0.3 is 11.9 Å². The van der Waals surface area contributed by atoms with Gasteiger partial charge < -0.3 is 26.4 Å². The van der Waals surface area contributed by atoms with E-state index in [0.717, 1.165) is 30.0 Å². The summed E-state index contributed by atoms with van der Waals surface area (Å²) in [7, 11) is 0. The molecule has 6 rings (SSSR count).